The van der Waals surface area contributed by atoms with Crippen LogP contribution < -0.4 is 9.62 Å². The molecule has 2 aromatic carbocycles. The van der Waals surface area contributed by atoms with Crippen LogP contribution in [0.3, 0.4) is 0 Å². The number of nitrogens with zero attached hydrogens (tertiary/aromatic N) is 1. The summed E-state index contributed by atoms with van der Waals surface area (Å²) in [5, 5.41) is 2.33. The highest BCUT2D eigenvalue weighted by molar-refractivity contribution is 9.10. The molecule has 6 nitrogen and oxygen atoms in total. The SMILES string of the molecule is O=C(Nc1ccc(Br)cc1F)c1ccc(N2C(=O)CCS2(=O)=O)cc1Cl. The summed E-state index contributed by atoms with van der Waals surface area (Å²) in [6, 6.07) is 7.95. The molecule has 1 aliphatic heterocycles. The second kappa shape index (κ2) is 6.98. The van der Waals surface area contributed by atoms with Crippen molar-refractivity contribution in [1.82, 2.24) is 0 Å². The van der Waals surface area contributed by atoms with Crippen molar-refractivity contribution < 1.29 is 22.4 Å². The van der Waals surface area contributed by atoms with Crippen molar-refractivity contribution in [1.29, 1.82) is 0 Å². The largest absolute Gasteiger partial charge is 0.319 e. The van der Waals surface area contributed by atoms with E-state index >= 15 is 0 Å². The van der Waals surface area contributed by atoms with Crippen LogP contribution in [0.5, 0.6) is 0 Å². The second-order valence-electron chi connectivity index (χ2n) is 5.47. The van der Waals surface area contributed by atoms with Crippen molar-refractivity contribution >= 4 is 60.7 Å². The lowest BCUT2D eigenvalue weighted by molar-refractivity contribution is -0.116. The first kappa shape index (κ1) is 18.8. The Labute approximate surface area is 162 Å². The number of halogens is 3. The van der Waals surface area contributed by atoms with E-state index in [1.54, 1.807) is 6.07 Å². The number of rotatable bonds is 3. The molecule has 0 radical (unpaired) electrons. The molecule has 2 amide bonds. The Kier molecular flexibility index (Phi) is 5.05. The molecule has 1 fully saturated rings. The standard InChI is InChI=1S/C16H11BrClFN2O4S/c17-9-1-4-14(13(19)7-9)20-16(23)11-3-2-10(8-12(11)18)21-15(22)5-6-26(21,24)25/h1-4,7-8H,5-6H2,(H,20,23). The minimum Gasteiger partial charge on any atom is -0.319 e. The van der Waals surface area contributed by atoms with E-state index in [4.69, 9.17) is 11.6 Å². The van der Waals surface area contributed by atoms with Gasteiger partial charge in [0.05, 0.1) is 27.7 Å². The van der Waals surface area contributed by atoms with Crippen LogP contribution in [-0.2, 0) is 14.8 Å². The fraction of sp³-hybridized carbons (Fsp3) is 0.125. The number of hydrogen-bond donors (Lipinski definition) is 1. The van der Waals surface area contributed by atoms with Gasteiger partial charge in [0.25, 0.3) is 5.91 Å². The Hall–Kier alpha value is -1.97. The van der Waals surface area contributed by atoms with Crippen molar-refractivity contribution in [2.24, 2.45) is 0 Å². The molecule has 0 aromatic heterocycles. The average molecular weight is 462 g/mol. The highest BCUT2D eigenvalue weighted by Gasteiger charge is 2.36. The molecule has 1 heterocycles. The van der Waals surface area contributed by atoms with Gasteiger partial charge in [-0.2, -0.15) is 0 Å². The summed E-state index contributed by atoms with van der Waals surface area (Å²) in [6.45, 7) is 0. The van der Waals surface area contributed by atoms with Crippen molar-refractivity contribution in [2.45, 2.75) is 6.42 Å². The molecule has 1 N–H and O–H groups in total. The van der Waals surface area contributed by atoms with Gasteiger partial charge in [0.1, 0.15) is 5.82 Å². The maximum atomic E-state index is 13.8. The molecule has 0 atom stereocenters. The van der Waals surface area contributed by atoms with E-state index in [0.717, 1.165) is 0 Å². The first-order chi connectivity index (χ1) is 12.2. The minimum atomic E-state index is -3.73. The molecule has 3 rings (SSSR count). The van der Waals surface area contributed by atoms with Crippen LogP contribution in [-0.4, -0.2) is 26.0 Å². The molecular weight excluding hydrogens is 451 g/mol. The smallest absolute Gasteiger partial charge is 0.257 e. The summed E-state index contributed by atoms with van der Waals surface area (Å²) in [4.78, 5) is 24.1. The van der Waals surface area contributed by atoms with Crippen molar-refractivity contribution in [2.75, 3.05) is 15.4 Å². The third-order valence-corrected chi connectivity index (χ3v) is 6.19. The summed E-state index contributed by atoms with van der Waals surface area (Å²) >= 11 is 9.20. The van der Waals surface area contributed by atoms with Crippen LogP contribution in [0, 0.1) is 5.82 Å². The average Bonchev–Trinajstić information content (AvgIpc) is 2.83. The first-order valence-corrected chi connectivity index (χ1v) is 10.1. The topological polar surface area (TPSA) is 83.6 Å². The zero-order valence-electron chi connectivity index (χ0n) is 13.0. The number of carbonyl (C=O) groups is 2. The molecule has 0 unspecified atom stereocenters. The van der Waals surface area contributed by atoms with Gasteiger partial charge in [-0.25, -0.2) is 17.1 Å². The molecule has 2 aromatic rings. The van der Waals surface area contributed by atoms with Gasteiger partial charge < -0.3 is 5.32 Å². The normalized spacial score (nSPS) is 16.0. The van der Waals surface area contributed by atoms with E-state index in [2.05, 4.69) is 21.2 Å². The Morgan fingerprint density at radius 2 is 1.96 bits per heavy atom. The monoisotopic (exact) mass is 460 g/mol. The highest BCUT2D eigenvalue weighted by Crippen LogP contribution is 2.30. The molecule has 0 aliphatic carbocycles. The molecular formula is C16H11BrClFN2O4S. The fourth-order valence-corrected chi connectivity index (χ4v) is 4.51. The molecule has 10 heteroatoms. The van der Waals surface area contributed by atoms with Gasteiger partial charge in [-0.05, 0) is 36.4 Å². The number of hydrogen-bond acceptors (Lipinski definition) is 4. The summed E-state index contributed by atoms with van der Waals surface area (Å²) in [5.74, 6) is -2.13. The summed E-state index contributed by atoms with van der Waals surface area (Å²) in [7, 11) is -3.73. The van der Waals surface area contributed by atoms with Crippen LogP contribution in [0.4, 0.5) is 15.8 Å². The van der Waals surface area contributed by atoms with E-state index in [9.17, 15) is 22.4 Å². The third-order valence-electron chi connectivity index (χ3n) is 3.69. The molecule has 136 valence electrons. The number of amides is 2. The van der Waals surface area contributed by atoms with E-state index in [1.165, 1.54) is 30.3 Å². The number of carbonyl (C=O) groups excluding carboxylic acids is 2. The van der Waals surface area contributed by atoms with Crippen LogP contribution in [0.15, 0.2) is 40.9 Å². The number of benzene rings is 2. The molecule has 0 spiro atoms. The molecule has 0 saturated carbocycles. The maximum absolute atomic E-state index is 13.8. The van der Waals surface area contributed by atoms with E-state index in [0.29, 0.717) is 8.78 Å². The Balaban J connectivity index is 1.88. The molecule has 1 aliphatic rings. The van der Waals surface area contributed by atoms with Gasteiger partial charge in [-0.15, -0.1) is 0 Å². The Morgan fingerprint density at radius 3 is 2.54 bits per heavy atom. The Morgan fingerprint density at radius 1 is 1.23 bits per heavy atom. The van der Waals surface area contributed by atoms with Gasteiger partial charge in [-0.3, -0.25) is 9.59 Å². The quantitative estimate of drug-likeness (QED) is 0.757. The lowest BCUT2D eigenvalue weighted by Gasteiger charge is -2.16. The Bertz CT molecular complexity index is 1030. The maximum Gasteiger partial charge on any atom is 0.257 e. The summed E-state index contributed by atoms with van der Waals surface area (Å²) in [6.07, 6.45) is -0.106. The predicted molar refractivity (Wildman–Crippen MR) is 99.4 cm³/mol. The zero-order chi connectivity index (χ0) is 19.1. The molecule has 26 heavy (non-hydrogen) atoms. The lowest BCUT2D eigenvalue weighted by atomic mass is 10.1. The second-order valence-corrected chi connectivity index (χ2v) is 8.73. The minimum absolute atomic E-state index is 0.0155. The number of sulfonamides is 1. The zero-order valence-corrected chi connectivity index (χ0v) is 16.2. The van der Waals surface area contributed by atoms with Gasteiger partial charge in [0.2, 0.25) is 15.9 Å². The van der Waals surface area contributed by atoms with E-state index in [-0.39, 0.29) is 34.1 Å². The van der Waals surface area contributed by atoms with Crippen molar-refractivity contribution in [3.8, 4) is 0 Å². The fourth-order valence-electron chi connectivity index (χ4n) is 2.46. The van der Waals surface area contributed by atoms with Crippen molar-refractivity contribution in [3.05, 3.63) is 57.3 Å². The number of anilines is 2. The lowest BCUT2D eigenvalue weighted by Crippen LogP contribution is -2.29. The van der Waals surface area contributed by atoms with E-state index < -0.39 is 27.7 Å². The van der Waals surface area contributed by atoms with Crippen LogP contribution in [0.1, 0.15) is 16.8 Å². The van der Waals surface area contributed by atoms with Crippen LogP contribution in [0.2, 0.25) is 5.02 Å². The predicted octanol–water partition coefficient (Wildman–Crippen LogP) is 3.56. The van der Waals surface area contributed by atoms with Crippen LogP contribution >= 0.6 is 27.5 Å². The van der Waals surface area contributed by atoms with Gasteiger partial charge >= 0.3 is 0 Å². The van der Waals surface area contributed by atoms with Gasteiger partial charge in [0, 0.05) is 10.9 Å². The van der Waals surface area contributed by atoms with E-state index in [1.807, 2.05) is 0 Å². The third kappa shape index (κ3) is 3.60. The first-order valence-electron chi connectivity index (χ1n) is 7.31. The summed E-state index contributed by atoms with van der Waals surface area (Å²) < 4.78 is 38.9. The summed E-state index contributed by atoms with van der Waals surface area (Å²) in [5.41, 5.74) is 0.0429. The van der Waals surface area contributed by atoms with Crippen LogP contribution in [0.25, 0.3) is 0 Å². The van der Waals surface area contributed by atoms with Crippen molar-refractivity contribution in [3.63, 3.8) is 0 Å². The molecule has 0 bridgehead atoms. The van der Waals surface area contributed by atoms with Gasteiger partial charge in [0.15, 0.2) is 0 Å². The number of nitrogens with one attached hydrogen (secondary N) is 1. The highest BCUT2D eigenvalue weighted by atomic mass is 79.9. The van der Waals surface area contributed by atoms with Gasteiger partial charge in [-0.1, -0.05) is 27.5 Å². The molecule has 1 saturated heterocycles.